The van der Waals surface area contributed by atoms with Crippen molar-refractivity contribution < 1.29 is 18.3 Å². The van der Waals surface area contributed by atoms with E-state index in [4.69, 9.17) is 12.2 Å². The van der Waals surface area contributed by atoms with Crippen LogP contribution in [0.2, 0.25) is 0 Å². The summed E-state index contributed by atoms with van der Waals surface area (Å²) in [5, 5.41) is 10.9. The number of hydrogen-bond donors (Lipinski definition) is 1. The average Bonchev–Trinajstić information content (AvgIpc) is 3.05. The number of sulfone groups is 1. The summed E-state index contributed by atoms with van der Waals surface area (Å²) in [6.07, 6.45) is 2.22. The zero-order valence-electron chi connectivity index (χ0n) is 18.3. The van der Waals surface area contributed by atoms with Crippen LogP contribution in [-0.4, -0.2) is 46.2 Å². The minimum atomic E-state index is -3.11. The summed E-state index contributed by atoms with van der Waals surface area (Å²) in [5.74, 6) is 0.106. The third kappa shape index (κ3) is 4.60. The molecule has 1 unspecified atom stereocenters. The van der Waals surface area contributed by atoms with E-state index in [0.29, 0.717) is 15.6 Å². The molecule has 164 valence electrons. The molecule has 0 spiro atoms. The summed E-state index contributed by atoms with van der Waals surface area (Å²) in [6.45, 7) is 12.2. The molecule has 1 aromatic rings. The zero-order chi connectivity index (χ0) is 22.6. The average molecular weight is 468 g/mol. The third-order valence-electron chi connectivity index (χ3n) is 5.44. The Labute approximate surface area is 188 Å². The molecular weight excluding hydrogens is 438 g/mol. The Morgan fingerprint density at radius 3 is 2.10 bits per heavy atom. The second-order valence-corrected chi connectivity index (χ2v) is 14.0. The van der Waals surface area contributed by atoms with Crippen LogP contribution in [0.15, 0.2) is 17.0 Å². The Balaban J connectivity index is 2.03. The highest BCUT2D eigenvalue weighted by atomic mass is 32.2. The molecule has 2 saturated heterocycles. The van der Waals surface area contributed by atoms with E-state index in [0.717, 1.165) is 16.7 Å². The first kappa shape index (κ1) is 23.3. The fourth-order valence-corrected chi connectivity index (χ4v) is 6.91. The summed E-state index contributed by atoms with van der Waals surface area (Å²) < 4.78 is 24.1. The highest BCUT2D eigenvalue weighted by Crippen LogP contribution is 2.42. The molecule has 8 heteroatoms. The second-order valence-electron chi connectivity index (χ2n) is 10.1. The highest BCUT2D eigenvalue weighted by Gasteiger charge is 2.42. The topological polar surface area (TPSA) is 74.7 Å². The summed E-state index contributed by atoms with van der Waals surface area (Å²) in [6, 6.07) is 3.44. The molecule has 5 nitrogen and oxygen atoms in total. The molecule has 1 amide bonds. The van der Waals surface area contributed by atoms with Crippen LogP contribution >= 0.6 is 24.0 Å². The lowest BCUT2D eigenvalue weighted by Gasteiger charge is -2.28. The Bertz CT molecular complexity index is 1010. The van der Waals surface area contributed by atoms with Gasteiger partial charge in [0.25, 0.3) is 5.91 Å². The van der Waals surface area contributed by atoms with Crippen LogP contribution in [0.1, 0.15) is 64.7 Å². The van der Waals surface area contributed by atoms with Crippen LogP contribution in [0.25, 0.3) is 6.08 Å². The fraction of sp³-hybridized carbons (Fsp3) is 0.545. The highest BCUT2D eigenvalue weighted by molar-refractivity contribution is 8.26. The summed E-state index contributed by atoms with van der Waals surface area (Å²) in [7, 11) is -3.11. The largest absolute Gasteiger partial charge is 0.507 e. The van der Waals surface area contributed by atoms with Crippen LogP contribution in [-0.2, 0) is 25.5 Å². The SMILES string of the molecule is CC(C)(C)c1cc(/C=C2/SC(=S)N(C3CCS(=O)(=O)C3)C2=O)cc(C(C)(C)C)c1O. The maximum absolute atomic E-state index is 13.1. The third-order valence-corrected chi connectivity index (χ3v) is 8.52. The smallest absolute Gasteiger partial charge is 0.266 e. The molecular formula is C22H29NO4S3. The van der Waals surface area contributed by atoms with E-state index >= 15 is 0 Å². The first-order valence-electron chi connectivity index (χ1n) is 9.95. The number of hydrogen-bond acceptors (Lipinski definition) is 6. The van der Waals surface area contributed by atoms with Crippen molar-refractivity contribution >= 4 is 50.1 Å². The van der Waals surface area contributed by atoms with E-state index < -0.39 is 9.84 Å². The van der Waals surface area contributed by atoms with Gasteiger partial charge in [-0.3, -0.25) is 9.69 Å². The van der Waals surface area contributed by atoms with Crippen molar-refractivity contribution in [2.24, 2.45) is 0 Å². The van der Waals surface area contributed by atoms with Crippen molar-refractivity contribution in [1.82, 2.24) is 4.90 Å². The van der Waals surface area contributed by atoms with E-state index in [1.54, 1.807) is 6.08 Å². The Kier molecular flexibility index (Phi) is 5.93. The van der Waals surface area contributed by atoms with Crippen molar-refractivity contribution in [3.63, 3.8) is 0 Å². The van der Waals surface area contributed by atoms with Crippen LogP contribution in [0.3, 0.4) is 0 Å². The molecule has 0 radical (unpaired) electrons. The Morgan fingerprint density at radius 2 is 1.67 bits per heavy atom. The van der Waals surface area contributed by atoms with E-state index in [1.165, 1.54) is 16.7 Å². The molecule has 1 aromatic carbocycles. The number of amides is 1. The van der Waals surface area contributed by atoms with Gasteiger partial charge in [0, 0.05) is 11.1 Å². The molecule has 3 rings (SSSR count). The lowest BCUT2D eigenvalue weighted by atomic mass is 9.78. The number of phenols is 1. The van der Waals surface area contributed by atoms with Crippen molar-refractivity contribution in [2.75, 3.05) is 11.5 Å². The van der Waals surface area contributed by atoms with E-state index in [2.05, 4.69) is 0 Å². The van der Waals surface area contributed by atoms with Crippen molar-refractivity contribution in [1.29, 1.82) is 0 Å². The van der Waals surface area contributed by atoms with E-state index in [1.807, 2.05) is 53.7 Å². The molecule has 0 bridgehead atoms. The molecule has 1 atom stereocenters. The summed E-state index contributed by atoms with van der Waals surface area (Å²) in [5.41, 5.74) is 1.91. The first-order valence-corrected chi connectivity index (χ1v) is 13.0. The summed E-state index contributed by atoms with van der Waals surface area (Å²) in [4.78, 5) is 15.0. The Hall–Kier alpha value is -1.38. The van der Waals surface area contributed by atoms with Gasteiger partial charge in [0.15, 0.2) is 9.84 Å². The molecule has 0 aliphatic carbocycles. The molecule has 2 aliphatic rings. The van der Waals surface area contributed by atoms with Gasteiger partial charge in [-0.05, 0) is 41.0 Å². The van der Waals surface area contributed by atoms with Gasteiger partial charge in [0.05, 0.1) is 22.5 Å². The predicted molar refractivity (Wildman–Crippen MR) is 128 cm³/mol. The number of aromatic hydroxyl groups is 1. The van der Waals surface area contributed by atoms with Gasteiger partial charge in [-0.1, -0.05) is 65.5 Å². The van der Waals surface area contributed by atoms with Gasteiger partial charge in [0.2, 0.25) is 0 Å². The van der Waals surface area contributed by atoms with Crippen molar-refractivity contribution in [3.8, 4) is 5.75 Å². The number of benzene rings is 1. The molecule has 0 aromatic heterocycles. The minimum Gasteiger partial charge on any atom is -0.507 e. The van der Waals surface area contributed by atoms with Crippen molar-refractivity contribution in [2.45, 2.75) is 64.8 Å². The lowest BCUT2D eigenvalue weighted by molar-refractivity contribution is -0.123. The normalized spacial score (nSPS) is 23.6. The first-order chi connectivity index (χ1) is 13.6. The van der Waals surface area contributed by atoms with Gasteiger partial charge in [-0.25, -0.2) is 8.42 Å². The van der Waals surface area contributed by atoms with E-state index in [-0.39, 0.29) is 40.0 Å². The minimum absolute atomic E-state index is 0.0335. The molecule has 2 aliphatic heterocycles. The van der Waals surface area contributed by atoms with Gasteiger partial charge >= 0.3 is 0 Å². The van der Waals surface area contributed by atoms with Gasteiger partial charge in [-0.2, -0.15) is 0 Å². The lowest BCUT2D eigenvalue weighted by Crippen LogP contribution is -2.39. The summed E-state index contributed by atoms with van der Waals surface area (Å²) >= 11 is 6.61. The van der Waals surface area contributed by atoms with Crippen LogP contribution < -0.4 is 0 Å². The second kappa shape index (κ2) is 7.64. The Morgan fingerprint density at radius 1 is 1.13 bits per heavy atom. The number of rotatable bonds is 2. The molecule has 1 N–H and O–H groups in total. The molecule has 2 fully saturated rings. The fourth-order valence-electron chi connectivity index (χ4n) is 3.81. The van der Waals surface area contributed by atoms with Crippen molar-refractivity contribution in [3.05, 3.63) is 33.7 Å². The maximum Gasteiger partial charge on any atom is 0.266 e. The van der Waals surface area contributed by atoms with Gasteiger partial charge < -0.3 is 5.11 Å². The quantitative estimate of drug-likeness (QED) is 0.514. The van der Waals surface area contributed by atoms with Crippen LogP contribution in [0.5, 0.6) is 5.75 Å². The number of carbonyl (C=O) groups excluding carboxylic acids is 1. The molecule has 30 heavy (non-hydrogen) atoms. The monoisotopic (exact) mass is 467 g/mol. The van der Waals surface area contributed by atoms with Crippen LogP contribution in [0, 0.1) is 0 Å². The number of thiocarbonyl (C=S) groups is 1. The molecule has 0 saturated carbocycles. The number of thioether (sulfide) groups is 1. The maximum atomic E-state index is 13.1. The number of phenolic OH excluding ortho intramolecular Hbond substituents is 1. The van der Waals surface area contributed by atoms with E-state index in [9.17, 15) is 18.3 Å². The van der Waals surface area contributed by atoms with Crippen LogP contribution in [0.4, 0.5) is 0 Å². The zero-order valence-corrected chi connectivity index (χ0v) is 20.7. The number of carbonyl (C=O) groups is 1. The van der Waals surface area contributed by atoms with Gasteiger partial charge in [-0.15, -0.1) is 0 Å². The van der Waals surface area contributed by atoms with Gasteiger partial charge in [0.1, 0.15) is 10.1 Å². The standard InChI is InChI=1S/C22H29NO4S3/c1-21(2,3)15-9-13(10-16(18(15)24)22(4,5)6)11-17-19(25)23(20(28)29-17)14-7-8-30(26,27)12-14/h9-11,14,24H,7-8,12H2,1-6H3/b17-11+. The predicted octanol–water partition coefficient (Wildman–Crippen LogP) is 4.38. The molecule has 2 heterocycles. The number of nitrogens with zero attached hydrogens (tertiary/aromatic N) is 1.